The van der Waals surface area contributed by atoms with E-state index in [1.54, 1.807) is 0 Å². The van der Waals surface area contributed by atoms with Gasteiger partial charge < -0.3 is 19.3 Å². The lowest BCUT2D eigenvalue weighted by atomic mass is 9.86. The second-order valence-electron chi connectivity index (χ2n) is 7.31. The maximum absolute atomic E-state index is 11.2. The minimum atomic E-state index is -1.07. The molecule has 0 aromatic rings. The molecule has 1 aliphatic carbocycles. The molecule has 1 saturated heterocycles. The lowest BCUT2D eigenvalue weighted by molar-refractivity contribution is -0.373. The van der Waals surface area contributed by atoms with Crippen molar-refractivity contribution in [3.8, 4) is 0 Å². The van der Waals surface area contributed by atoms with Gasteiger partial charge in [-0.25, -0.2) is 0 Å². The van der Waals surface area contributed by atoms with Gasteiger partial charge in [-0.15, -0.1) is 0 Å². The van der Waals surface area contributed by atoms with Crippen LogP contribution in [0.15, 0.2) is 0 Å². The highest BCUT2D eigenvalue weighted by Crippen LogP contribution is 2.45. The third-order valence-corrected chi connectivity index (χ3v) is 4.90. The maximum Gasteiger partial charge on any atom is 0.302 e. The van der Waals surface area contributed by atoms with Gasteiger partial charge in [-0.3, -0.25) is 4.79 Å². The van der Waals surface area contributed by atoms with Gasteiger partial charge in [0.2, 0.25) is 5.79 Å². The van der Waals surface area contributed by atoms with Crippen LogP contribution in [-0.2, 0) is 19.0 Å². The quantitative estimate of drug-likeness (QED) is 0.793. The molecule has 0 bridgehead atoms. The largest absolute Gasteiger partial charge is 0.465 e. The number of aliphatic hydroxyl groups is 1. The number of carbonyl (C=O) groups excluding carboxylic acids is 1. The van der Waals surface area contributed by atoms with Crippen LogP contribution in [0.25, 0.3) is 0 Å². The van der Waals surface area contributed by atoms with Crippen molar-refractivity contribution in [1.29, 1.82) is 0 Å². The van der Waals surface area contributed by atoms with Crippen molar-refractivity contribution in [1.82, 2.24) is 0 Å². The third-order valence-electron chi connectivity index (χ3n) is 4.90. The molecule has 1 heterocycles. The number of hydrogen-bond acceptors (Lipinski definition) is 5. The molecule has 2 aliphatic rings. The van der Waals surface area contributed by atoms with Crippen LogP contribution in [0.3, 0.4) is 0 Å². The average molecular weight is 314 g/mol. The summed E-state index contributed by atoms with van der Waals surface area (Å²) in [6.45, 7) is 9.85. The molecule has 1 spiro atoms. The molecule has 1 aliphatic heterocycles. The van der Waals surface area contributed by atoms with Crippen molar-refractivity contribution < 1.29 is 24.1 Å². The molecular weight excluding hydrogens is 284 g/mol. The normalized spacial score (nSPS) is 46.3. The Morgan fingerprint density at radius 3 is 2.27 bits per heavy atom. The summed E-state index contributed by atoms with van der Waals surface area (Å²) in [4.78, 5) is 11.2. The summed E-state index contributed by atoms with van der Waals surface area (Å²) in [5.74, 6) is -1.04. The van der Waals surface area contributed by atoms with Gasteiger partial charge in [-0.05, 0) is 44.9 Å². The van der Waals surface area contributed by atoms with Crippen molar-refractivity contribution in [3.05, 3.63) is 0 Å². The Morgan fingerprint density at radius 2 is 1.73 bits per heavy atom. The fourth-order valence-electron chi connectivity index (χ4n) is 4.10. The van der Waals surface area contributed by atoms with E-state index in [-0.39, 0.29) is 36.6 Å². The Bertz CT molecular complexity index is 387. The van der Waals surface area contributed by atoms with Crippen LogP contribution in [0.1, 0.15) is 53.9 Å². The minimum absolute atomic E-state index is 0.0128. The Labute approximate surface area is 133 Å². The Morgan fingerprint density at radius 1 is 1.14 bits per heavy atom. The SMILES string of the molecule is CC(=O)OC[C@H]1C[C@@H](C)C[C@H](C)[C@@H](O)C12O[C@H](C)C[C@H](C)O2. The highest BCUT2D eigenvalue weighted by Gasteiger charge is 2.55. The summed E-state index contributed by atoms with van der Waals surface area (Å²) in [5, 5.41) is 10.9. The molecule has 7 atom stereocenters. The summed E-state index contributed by atoms with van der Waals surface area (Å²) in [6.07, 6.45) is 1.84. The van der Waals surface area contributed by atoms with Gasteiger partial charge in [-0.1, -0.05) is 13.8 Å². The highest BCUT2D eigenvalue weighted by atomic mass is 16.7. The van der Waals surface area contributed by atoms with Crippen molar-refractivity contribution in [2.75, 3.05) is 6.61 Å². The summed E-state index contributed by atoms with van der Waals surface area (Å²) < 4.78 is 17.6. The zero-order chi connectivity index (χ0) is 16.5. The third kappa shape index (κ3) is 3.63. The van der Waals surface area contributed by atoms with E-state index in [1.165, 1.54) is 6.92 Å². The van der Waals surface area contributed by atoms with Crippen LogP contribution in [0, 0.1) is 17.8 Å². The van der Waals surface area contributed by atoms with E-state index in [0.717, 1.165) is 19.3 Å². The van der Waals surface area contributed by atoms with Crippen LogP contribution in [0.4, 0.5) is 0 Å². The van der Waals surface area contributed by atoms with Crippen LogP contribution >= 0.6 is 0 Å². The zero-order valence-corrected chi connectivity index (χ0v) is 14.4. The molecule has 1 saturated carbocycles. The smallest absolute Gasteiger partial charge is 0.302 e. The monoisotopic (exact) mass is 314 g/mol. The number of hydrogen-bond donors (Lipinski definition) is 1. The Kier molecular flexibility index (Phi) is 5.51. The van der Waals surface area contributed by atoms with Crippen LogP contribution in [-0.4, -0.2) is 41.8 Å². The number of esters is 1. The van der Waals surface area contributed by atoms with E-state index in [1.807, 2.05) is 20.8 Å². The molecule has 0 radical (unpaired) electrons. The first kappa shape index (κ1) is 17.7. The van der Waals surface area contributed by atoms with Crippen molar-refractivity contribution in [2.24, 2.45) is 17.8 Å². The summed E-state index contributed by atoms with van der Waals surface area (Å²) >= 11 is 0. The van der Waals surface area contributed by atoms with Gasteiger partial charge in [0.15, 0.2) is 0 Å². The van der Waals surface area contributed by atoms with Crippen LogP contribution in [0.2, 0.25) is 0 Å². The minimum Gasteiger partial charge on any atom is -0.465 e. The van der Waals surface area contributed by atoms with Gasteiger partial charge >= 0.3 is 5.97 Å². The van der Waals surface area contributed by atoms with Gasteiger partial charge in [0.25, 0.3) is 0 Å². The first-order valence-corrected chi connectivity index (χ1v) is 8.41. The molecule has 5 heteroatoms. The predicted octanol–water partition coefficient (Wildman–Crippen LogP) is 2.50. The Balaban J connectivity index is 2.33. The van der Waals surface area contributed by atoms with Gasteiger partial charge in [0.05, 0.1) is 24.7 Å². The number of aliphatic hydroxyl groups excluding tert-OH is 1. The number of carbonyl (C=O) groups is 1. The molecular formula is C17H30O5. The molecule has 2 rings (SSSR count). The molecule has 0 aromatic heterocycles. The Hall–Kier alpha value is -0.650. The number of rotatable bonds is 2. The van der Waals surface area contributed by atoms with E-state index < -0.39 is 11.9 Å². The topological polar surface area (TPSA) is 65.0 Å². The molecule has 22 heavy (non-hydrogen) atoms. The fourth-order valence-corrected chi connectivity index (χ4v) is 4.10. The lowest BCUT2D eigenvalue weighted by Crippen LogP contribution is -2.61. The van der Waals surface area contributed by atoms with Gasteiger partial charge in [-0.2, -0.15) is 0 Å². The van der Waals surface area contributed by atoms with Crippen molar-refractivity contribution in [2.45, 2.75) is 78.0 Å². The summed E-state index contributed by atoms with van der Waals surface area (Å²) in [5.41, 5.74) is 0. The van der Waals surface area contributed by atoms with E-state index in [2.05, 4.69) is 6.92 Å². The number of ether oxygens (including phenoxy) is 3. The first-order valence-electron chi connectivity index (χ1n) is 8.41. The van der Waals surface area contributed by atoms with E-state index in [0.29, 0.717) is 5.92 Å². The summed E-state index contributed by atoms with van der Waals surface area (Å²) in [7, 11) is 0. The highest BCUT2D eigenvalue weighted by molar-refractivity contribution is 5.65. The maximum atomic E-state index is 11.2. The zero-order valence-electron chi connectivity index (χ0n) is 14.4. The van der Waals surface area contributed by atoms with E-state index >= 15 is 0 Å². The molecule has 1 unspecified atom stereocenters. The fraction of sp³-hybridized carbons (Fsp3) is 0.941. The molecule has 5 nitrogen and oxygen atoms in total. The first-order chi connectivity index (χ1) is 10.2. The molecule has 0 aromatic carbocycles. The molecule has 2 fully saturated rings. The van der Waals surface area contributed by atoms with Crippen LogP contribution < -0.4 is 0 Å². The predicted molar refractivity (Wildman–Crippen MR) is 82.1 cm³/mol. The molecule has 128 valence electrons. The van der Waals surface area contributed by atoms with Crippen molar-refractivity contribution in [3.63, 3.8) is 0 Å². The van der Waals surface area contributed by atoms with Gasteiger partial charge in [0.1, 0.15) is 6.10 Å². The lowest BCUT2D eigenvalue weighted by Gasteiger charge is -2.49. The second kappa shape index (κ2) is 6.85. The second-order valence-corrected chi connectivity index (χ2v) is 7.31. The standard InChI is InChI=1S/C17H30O5/c1-10-6-11(2)16(19)17(15(7-10)9-20-14(5)18)21-12(3)8-13(4)22-17/h10-13,15-16,19H,6-9H2,1-5H3/t10-,11-,12-,13+,15+,16+,17?/m0/s1. The molecule has 1 N–H and O–H groups in total. The van der Waals surface area contributed by atoms with E-state index in [4.69, 9.17) is 14.2 Å². The van der Waals surface area contributed by atoms with E-state index in [9.17, 15) is 9.90 Å². The molecule has 0 amide bonds. The van der Waals surface area contributed by atoms with Gasteiger partial charge in [0, 0.05) is 6.92 Å². The summed E-state index contributed by atoms with van der Waals surface area (Å²) in [6, 6.07) is 0. The van der Waals surface area contributed by atoms with Crippen LogP contribution in [0.5, 0.6) is 0 Å². The van der Waals surface area contributed by atoms with Crippen molar-refractivity contribution >= 4 is 5.97 Å². The average Bonchev–Trinajstić information content (AvgIpc) is 2.47.